The first kappa shape index (κ1) is 17.2. The summed E-state index contributed by atoms with van der Waals surface area (Å²) in [5.41, 5.74) is 3.31. The number of nitrogens with zero attached hydrogens (tertiary/aromatic N) is 4. The number of pyridine rings is 1. The van der Waals surface area contributed by atoms with Crippen LogP contribution in [0.5, 0.6) is 0 Å². The van der Waals surface area contributed by atoms with Gasteiger partial charge in [-0.2, -0.15) is 0 Å². The van der Waals surface area contributed by atoms with Gasteiger partial charge in [-0.05, 0) is 38.7 Å². The molecular formula is C21H28N4O2. The number of rotatable bonds is 1. The molecule has 2 aliphatic heterocycles. The maximum atomic E-state index is 13.6. The van der Waals surface area contributed by atoms with Gasteiger partial charge in [0.1, 0.15) is 11.3 Å². The Balaban J connectivity index is 1.56. The largest absolute Gasteiger partial charge is 0.374 e. The predicted octanol–water partition coefficient (Wildman–Crippen LogP) is 3.25. The first-order chi connectivity index (χ1) is 13.2. The molecule has 1 amide bonds. The monoisotopic (exact) mass is 368 g/mol. The minimum absolute atomic E-state index is 0.110. The fourth-order valence-corrected chi connectivity index (χ4v) is 5.08. The van der Waals surface area contributed by atoms with Gasteiger partial charge in [0.2, 0.25) is 0 Å². The summed E-state index contributed by atoms with van der Waals surface area (Å²) in [6.07, 6.45) is 9.23. The van der Waals surface area contributed by atoms with Crippen LogP contribution in [0.3, 0.4) is 0 Å². The van der Waals surface area contributed by atoms with Gasteiger partial charge in [0.05, 0.1) is 24.3 Å². The summed E-state index contributed by atoms with van der Waals surface area (Å²) in [5.74, 6) is 1.20. The number of morpholine rings is 1. The number of carbonyl (C=O) groups excluding carboxylic acids is 1. The molecule has 144 valence electrons. The lowest BCUT2D eigenvalue weighted by Crippen LogP contribution is -2.54. The molecule has 1 saturated heterocycles. The Morgan fingerprint density at radius 3 is 2.93 bits per heavy atom. The van der Waals surface area contributed by atoms with Crippen molar-refractivity contribution < 1.29 is 9.53 Å². The highest BCUT2D eigenvalue weighted by atomic mass is 16.5. The quantitative estimate of drug-likeness (QED) is 0.775. The number of imidazole rings is 1. The molecule has 1 aliphatic carbocycles. The lowest BCUT2D eigenvalue weighted by Gasteiger charge is -2.43. The fraction of sp³-hybridized carbons (Fsp3) is 0.667. The molecule has 2 aromatic heterocycles. The zero-order chi connectivity index (χ0) is 18.4. The van der Waals surface area contributed by atoms with Gasteiger partial charge in [0.15, 0.2) is 5.65 Å². The van der Waals surface area contributed by atoms with Crippen LogP contribution in [0.1, 0.15) is 66.8 Å². The second-order valence-electron chi connectivity index (χ2n) is 8.23. The smallest absolute Gasteiger partial charge is 0.256 e. The highest BCUT2D eigenvalue weighted by molar-refractivity contribution is 6.04. The van der Waals surface area contributed by atoms with Crippen molar-refractivity contribution in [2.75, 3.05) is 13.2 Å². The predicted molar refractivity (Wildman–Crippen MR) is 103 cm³/mol. The molecule has 5 rings (SSSR count). The molecule has 4 heterocycles. The van der Waals surface area contributed by atoms with Crippen LogP contribution in [0.15, 0.2) is 6.07 Å². The van der Waals surface area contributed by atoms with Crippen LogP contribution in [0.2, 0.25) is 0 Å². The van der Waals surface area contributed by atoms with Crippen LogP contribution in [0.25, 0.3) is 11.2 Å². The second kappa shape index (κ2) is 6.89. The molecule has 3 aliphatic rings. The molecule has 27 heavy (non-hydrogen) atoms. The molecule has 0 aromatic carbocycles. The summed E-state index contributed by atoms with van der Waals surface area (Å²) in [7, 11) is 0. The number of aromatic nitrogens is 3. The molecule has 2 aromatic rings. The molecule has 2 atom stereocenters. The van der Waals surface area contributed by atoms with E-state index in [1.165, 1.54) is 25.7 Å². The molecule has 0 N–H and O–H groups in total. The molecule has 1 saturated carbocycles. The van der Waals surface area contributed by atoms with Gasteiger partial charge in [0.25, 0.3) is 5.91 Å². The van der Waals surface area contributed by atoms with Crippen LogP contribution in [0.4, 0.5) is 0 Å². The molecule has 6 nitrogen and oxygen atoms in total. The van der Waals surface area contributed by atoms with Crippen LogP contribution >= 0.6 is 0 Å². The summed E-state index contributed by atoms with van der Waals surface area (Å²) >= 11 is 0. The Bertz CT molecular complexity index is 873. The average molecular weight is 368 g/mol. The highest BCUT2D eigenvalue weighted by Gasteiger charge is 2.38. The van der Waals surface area contributed by atoms with E-state index in [-0.39, 0.29) is 18.1 Å². The van der Waals surface area contributed by atoms with Crippen LogP contribution < -0.4 is 0 Å². The number of hydrogen-bond acceptors (Lipinski definition) is 4. The van der Waals surface area contributed by atoms with E-state index in [4.69, 9.17) is 14.7 Å². The van der Waals surface area contributed by atoms with Gasteiger partial charge in [-0.25, -0.2) is 9.97 Å². The van der Waals surface area contributed by atoms with E-state index in [1.54, 1.807) is 0 Å². The van der Waals surface area contributed by atoms with Crippen molar-refractivity contribution in [2.24, 2.45) is 0 Å². The van der Waals surface area contributed by atoms with E-state index in [1.807, 2.05) is 13.0 Å². The summed E-state index contributed by atoms with van der Waals surface area (Å²) in [4.78, 5) is 25.3. The number of carbonyl (C=O) groups is 1. The van der Waals surface area contributed by atoms with Crippen LogP contribution in [-0.2, 0) is 17.7 Å². The Hall–Kier alpha value is -1.95. The third kappa shape index (κ3) is 2.94. The standard InChI is InChI=1S/C21H28N4O2/c1-14-13-15(19-20(22-14)25-10-6-2-3-9-18(25)23-19)21(26)24-11-12-27-17-8-5-4-7-16(17)24/h13,16-17H,2-12H2,1H3. The average Bonchev–Trinajstić information content (AvgIpc) is 2.87. The molecule has 0 bridgehead atoms. The minimum atomic E-state index is 0.110. The number of hydrogen-bond donors (Lipinski definition) is 0. The van der Waals surface area contributed by atoms with E-state index in [2.05, 4.69) is 9.47 Å². The van der Waals surface area contributed by atoms with E-state index in [0.717, 1.165) is 60.5 Å². The van der Waals surface area contributed by atoms with Crippen molar-refractivity contribution in [1.82, 2.24) is 19.4 Å². The fourth-order valence-electron chi connectivity index (χ4n) is 5.08. The lowest BCUT2D eigenvalue weighted by atomic mass is 9.89. The lowest BCUT2D eigenvalue weighted by molar-refractivity contribution is -0.0752. The normalized spacial score (nSPS) is 25.7. The Labute approximate surface area is 159 Å². The third-order valence-electron chi connectivity index (χ3n) is 6.42. The highest BCUT2D eigenvalue weighted by Crippen LogP contribution is 2.31. The van der Waals surface area contributed by atoms with Crippen molar-refractivity contribution in [3.05, 3.63) is 23.1 Å². The zero-order valence-corrected chi connectivity index (χ0v) is 16.1. The minimum Gasteiger partial charge on any atom is -0.374 e. The molecule has 2 unspecified atom stereocenters. The SMILES string of the molecule is Cc1cc(C(=O)N2CCOC3CCCCC32)c2nc3n(c2n1)CCCCC3. The summed E-state index contributed by atoms with van der Waals surface area (Å²) < 4.78 is 8.21. The second-order valence-corrected chi connectivity index (χ2v) is 8.23. The van der Waals surface area contributed by atoms with Crippen LogP contribution in [-0.4, -0.2) is 50.6 Å². The van der Waals surface area contributed by atoms with Crippen molar-refractivity contribution in [1.29, 1.82) is 0 Å². The Morgan fingerprint density at radius 2 is 2.00 bits per heavy atom. The maximum absolute atomic E-state index is 13.6. The maximum Gasteiger partial charge on any atom is 0.256 e. The summed E-state index contributed by atoms with van der Waals surface area (Å²) in [6, 6.07) is 2.15. The molecule has 0 spiro atoms. The summed E-state index contributed by atoms with van der Waals surface area (Å²) in [6.45, 7) is 4.25. The van der Waals surface area contributed by atoms with E-state index < -0.39 is 0 Å². The molecular weight excluding hydrogens is 340 g/mol. The molecule has 0 radical (unpaired) electrons. The van der Waals surface area contributed by atoms with E-state index in [0.29, 0.717) is 13.2 Å². The van der Waals surface area contributed by atoms with Crippen molar-refractivity contribution >= 4 is 17.1 Å². The van der Waals surface area contributed by atoms with Crippen molar-refractivity contribution in [2.45, 2.75) is 77.0 Å². The van der Waals surface area contributed by atoms with Crippen LogP contribution in [0, 0.1) is 6.92 Å². The van der Waals surface area contributed by atoms with Gasteiger partial charge < -0.3 is 14.2 Å². The summed E-state index contributed by atoms with van der Waals surface area (Å²) in [5, 5.41) is 0. The van der Waals surface area contributed by atoms with Crippen molar-refractivity contribution in [3.8, 4) is 0 Å². The topological polar surface area (TPSA) is 60.3 Å². The van der Waals surface area contributed by atoms with Gasteiger partial charge >= 0.3 is 0 Å². The molecule has 6 heteroatoms. The number of amides is 1. The Morgan fingerprint density at radius 1 is 1.11 bits per heavy atom. The number of fused-ring (bicyclic) bond motifs is 4. The van der Waals surface area contributed by atoms with Crippen molar-refractivity contribution in [3.63, 3.8) is 0 Å². The van der Waals surface area contributed by atoms with E-state index >= 15 is 0 Å². The first-order valence-electron chi connectivity index (χ1n) is 10.5. The van der Waals surface area contributed by atoms with E-state index in [9.17, 15) is 4.79 Å². The van der Waals surface area contributed by atoms with Gasteiger partial charge in [-0.1, -0.05) is 19.3 Å². The Kier molecular flexibility index (Phi) is 4.38. The zero-order valence-electron chi connectivity index (χ0n) is 16.1. The number of ether oxygens (including phenoxy) is 1. The molecule has 2 fully saturated rings. The van der Waals surface area contributed by atoms with Gasteiger partial charge in [-0.15, -0.1) is 0 Å². The number of aryl methyl sites for hydroxylation is 3. The van der Waals surface area contributed by atoms with Gasteiger partial charge in [0, 0.05) is 25.2 Å². The first-order valence-corrected chi connectivity index (χ1v) is 10.5. The van der Waals surface area contributed by atoms with Gasteiger partial charge in [-0.3, -0.25) is 4.79 Å². The third-order valence-corrected chi connectivity index (χ3v) is 6.42.